The minimum Gasteiger partial charge on any atom is -0.497 e. The number of methoxy groups -OCH3 is 2. The van der Waals surface area contributed by atoms with E-state index in [2.05, 4.69) is 4.98 Å². The summed E-state index contributed by atoms with van der Waals surface area (Å²) in [7, 11) is 3.31. The first-order valence-electron chi connectivity index (χ1n) is 8.54. The number of hydrogen-bond acceptors (Lipinski definition) is 5. The molecule has 1 amide bonds. The fourth-order valence-electron chi connectivity index (χ4n) is 3.30. The van der Waals surface area contributed by atoms with Crippen molar-refractivity contribution < 1.29 is 18.7 Å². The molecule has 25 heavy (non-hydrogen) atoms. The molecule has 0 spiro atoms. The fourth-order valence-corrected chi connectivity index (χ4v) is 3.30. The van der Waals surface area contributed by atoms with Gasteiger partial charge in [0.05, 0.1) is 19.9 Å². The number of carbonyl (C=O) groups excluding carboxylic acids is 1. The number of benzene rings is 1. The zero-order chi connectivity index (χ0) is 18.0. The van der Waals surface area contributed by atoms with Crippen LogP contribution in [0.25, 0.3) is 0 Å². The van der Waals surface area contributed by atoms with Gasteiger partial charge >= 0.3 is 0 Å². The van der Waals surface area contributed by atoms with Crippen LogP contribution in [-0.4, -0.2) is 43.1 Å². The summed E-state index contributed by atoms with van der Waals surface area (Å²) in [6.07, 6.45) is 1.56. The average Bonchev–Trinajstić information content (AvgIpc) is 3.27. The number of aromatic nitrogens is 1. The third kappa shape index (κ3) is 3.34. The van der Waals surface area contributed by atoms with E-state index in [1.165, 1.54) is 0 Å². The van der Waals surface area contributed by atoms with Gasteiger partial charge in [0, 0.05) is 31.0 Å². The van der Waals surface area contributed by atoms with Crippen LogP contribution in [0.4, 0.5) is 0 Å². The summed E-state index contributed by atoms with van der Waals surface area (Å²) in [6.45, 7) is 5.09. The normalized spacial score (nSPS) is 17.0. The smallest absolute Gasteiger partial charge is 0.291 e. The third-order valence-electron chi connectivity index (χ3n) is 4.69. The highest BCUT2D eigenvalue weighted by atomic mass is 16.5. The van der Waals surface area contributed by atoms with Gasteiger partial charge in [0.15, 0.2) is 5.89 Å². The van der Waals surface area contributed by atoms with Gasteiger partial charge in [0.1, 0.15) is 11.5 Å². The summed E-state index contributed by atoms with van der Waals surface area (Å²) < 4.78 is 16.4. The van der Waals surface area contributed by atoms with Crippen LogP contribution in [0.3, 0.4) is 0 Å². The van der Waals surface area contributed by atoms with Crippen molar-refractivity contribution in [2.45, 2.75) is 32.6 Å². The Labute approximate surface area is 147 Å². The maximum Gasteiger partial charge on any atom is 0.291 e. The molecule has 134 valence electrons. The standard InChI is InChI=1S/C19H24N2O4/c1-5-17-20-12(2)18(25-17)19(22)21-9-8-13(11-21)15-10-14(23-3)6-7-16(15)24-4/h6-7,10,13H,5,8-9,11H2,1-4H3. The molecule has 1 aliphatic rings. The maximum atomic E-state index is 12.8. The number of oxazole rings is 1. The van der Waals surface area contributed by atoms with Gasteiger partial charge in [-0.2, -0.15) is 0 Å². The van der Waals surface area contributed by atoms with Crippen LogP contribution in [0.1, 0.15) is 47.0 Å². The molecule has 6 heteroatoms. The second-order valence-corrected chi connectivity index (χ2v) is 6.22. The van der Waals surface area contributed by atoms with Crippen LogP contribution in [0.2, 0.25) is 0 Å². The lowest BCUT2D eigenvalue weighted by atomic mass is 9.97. The predicted octanol–water partition coefficient (Wildman–Crippen LogP) is 3.19. The molecule has 0 radical (unpaired) electrons. The molecule has 2 heterocycles. The van der Waals surface area contributed by atoms with E-state index in [1.54, 1.807) is 14.2 Å². The molecule has 6 nitrogen and oxygen atoms in total. The van der Waals surface area contributed by atoms with Crippen molar-refractivity contribution in [1.82, 2.24) is 9.88 Å². The number of aryl methyl sites for hydroxylation is 2. The molecule has 0 saturated carbocycles. The second-order valence-electron chi connectivity index (χ2n) is 6.22. The first kappa shape index (κ1) is 17.3. The molecule has 0 bridgehead atoms. The lowest BCUT2D eigenvalue weighted by Crippen LogP contribution is -2.28. The molecule has 0 N–H and O–H groups in total. The highest BCUT2D eigenvalue weighted by Crippen LogP contribution is 2.36. The summed E-state index contributed by atoms with van der Waals surface area (Å²) in [6, 6.07) is 5.78. The summed E-state index contributed by atoms with van der Waals surface area (Å²) in [5.74, 6) is 2.70. The SMILES string of the molecule is CCc1nc(C)c(C(=O)N2CCC(c3cc(OC)ccc3OC)C2)o1. The summed E-state index contributed by atoms with van der Waals surface area (Å²) in [5, 5.41) is 0. The number of hydrogen-bond donors (Lipinski definition) is 0. The van der Waals surface area contributed by atoms with Crippen LogP contribution < -0.4 is 9.47 Å². The highest BCUT2D eigenvalue weighted by molar-refractivity contribution is 5.92. The molecule has 3 rings (SSSR count). The number of ether oxygens (including phenoxy) is 2. The fraction of sp³-hybridized carbons (Fsp3) is 0.474. The summed E-state index contributed by atoms with van der Waals surface area (Å²) in [5.41, 5.74) is 1.73. The number of likely N-dealkylation sites (tertiary alicyclic amines) is 1. The Morgan fingerprint density at radius 1 is 1.36 bits per heavy atom. The zero-order valence-corrected chi connectivity index (χ0v) is 15.2. The third-order valence-corrected chi connectivity index (χ3v) is 4.69. The second kappa shape index (κ2) is 7.17. The van der Waals surface area contributed by atoms with Gasteiger partial charge in [-0.25, -0.2) is 4.98 Å². The Morgan fingerprint density at radius 2 is 2.16 bits per heavy atom. The van der Waals surface area contributed by atoms with E-state index in [4.69, 9.17) is 13.9 Å². The summed E-state index contributed by atoms with van der Waals surface area (Å²) >= 11 is 0. The Hall–Kier alpha value is -2.50. The van der Waals surface area contributed by atoms with Crippen molar-refractivity contribution in [3.8, 4) is 11.5 Å². The molecular formula is C19H24N2O4. The molecule has 1 unspecified atom stereocenters. The predicted molar refractivity (Wildman–Crippen MR) is 93.4 cm³/mol. The lowest BCUT2D eigenvalue weighted by molar-refractivity contribution is 0.0756. The first-order chi connectivity index (χ1) is 12.1. The minimum absolute atomic E-state index is 0.0888. The molecule has 0 aliphatic carbocycles. The average molecular weight is 344 g/mol. The van der Waals surface area contributed by atoms with E-state index in [1.807, 2.05) is 36.9 Å². The van der Waals surface area contributed by atoms with E-state index < -0.39 is 0 Å². The largest absolute Gasteiger partial charge is 0.497 e. The Morgan fingerprint density at radius 3 is 2.80 bits per heavy atom. The Bertz CT molecular complexity index is 769. The van der Waals surface area contributed by atoms with Crippen LogP contribution in [0.5, 0.6) is 11.5 Å². The summed E-state index contributed by atoms with van der Waals surface area (Å²) in [4.78, 5) is 18.9. The van der Waals surface area contributed by atoms with Gasteiger partial charge in [-0.15, -0.1) is 0 Å². The monoisotopic (exact) mass is 344 g/mol. The number of rotatable bonds is 5. The molecule has 1 aromatic heterocycles. The van der Waals surface area contributed by atoms with Gasteiger partial charge in [-0.05, 0) is 31.5 Å². The van der Waals surface area contributed by atoms with Crippen LogP contribution in [0.15, 0.2) is 22.6 Å². The number of nitrogens with zero attached hydrogens (tertiary/aromatic N) is 2. The Balaban J connectivity index is 1.79. The van der Waals surface area contributed by atoms with Crippen molar-refractivity contribution in [2.75, 3.05) is 27.3 Å². The van der Waals surface area contributed by atoms with E-state index in [9.17, 15) is 4.79 Å². The van der Waals surface area contributed by atoms with E-state index in [0.29, 0.717) is 36.9 Å². The van der Waals surface area contributed by atoms with Crippen LogP contribution in [-0.2, 0) is 6.42 Å². The topological polar surface area (TPSA) is 64.8 Å². The molecular weight excluding hydrogens is 320 g/mol. The van der Waals surface area contributed by atoms with Crippen molar-refractivity contribution >= 4 is 5.91 Å². The van der Waals surface area contributed by atoms with E-state index in [0.717, 1.165) is 23.5 Å². The van der Waals surface area contributed by atoms with Crippen molar-refractivity contribution in [1.29, 1.82) is 0 Å². The van der Waals surface area contributed by atoms with Gasteiger partial charge in [0.25, 0.3) is 5.91 Å². The molecule has 2 aromatic rings. The van der Waals surface area contributed by atoms with E-state index in [-0.39, 0.29) is 11.8 Å². The minimum atomic E-state index is -0.0888. The maximum absolute atomic E-state index is 12.8. The quantitative estimate of drug-likeness (QED) is 0.833. The number of carbonyl (C=O) groups is 1. The molecule has 1 atom stereocenters. The molecule has 1 aliphatic heterocycles. The Kier molecular flexibility index (Phi) is 4.97. The van der Waals surface area contributed by atoms with Crippen molar-refractivity contribution in [3.63, 3.8) is 0 Å². The number of amides is 1. The van der Waals surface area contributed by atoms with Gasteiger partial charge < -0.3 is 18.8 Å². The highest BCUT2D eigenvalue weighted by Gasteiger charge is 2.32. The van der Waals surface area contributed by atoms with Crippen LogP contribution >= 0.6 is 0 Å². The van der Waals surface area contributed by atoms with E-state index >= 15 is 0 Å². The lowest BCUT2D eigenvalue weighted by Gasteiger charge is -2.18. The molecule has 1 fully saturated rings. The molecule has 1 saturated heterocycles. The van der Waals surface area contributed by atoms with Gasteiger partial charge in [0.2, 0.25) is 5.76 Å². The van der Waals surface area contributed by atoms with Crippen molar-refractivity contribution in [2.24, 2.45) is 0 Å². The van der Waals surface area contributed by atoms with Crippen LogP contribution in [0, 0.1) is 6.92 Å². The van der Waals surface area contributed by atoms with Gasteiger partial charge in [-0.1, -0.05) is 6.92 Å². The first-order valence-corrected chi connectivity index (χ1v) is 8.54. The van der Waals surface area contributed by atoms with Gasteiger partial charge in [-0.3, -0.25) is 4.79 Å². The zero-order valence-electron chi connectivity index (χ0n) is 15.2. The molecule has 1 aromatic carbocycles. The van der Waals surface area contributed by atoms with Crippen molar-refractivity contribution in [3.05, 3.63) is 41.1 Å².